The predicted octanol–water partition coefficient (Wildman–Crippen LogP) is -0.000000000000000222. The van der Waals surface area contributed by atoms with Crippen molar-refractivity contribution < 1.29 is 9.61 Å². The first-order valence-electron chi connectivity index (χ1n) is 4.20. The molecule has 0 spiro atoms. The molecule has 1 aromatic carbocycles. The first kappa shape index (κ1) is 9.25. The third-order valence-corrected chi connectivity index (χ3v) is 1.88. The Morgan fingerprint density at radius 3 is 2.53 bits per heavy atom. The van der Waals surface area contributed by atoms with Crippen LogP contribution in [0.5, 0.6) is 0 Å². The van der Waals surface area contributed by atoms with Gasteiger partial charge < -0.3 is 0 Å². The van der Waals surface area contributed by atoms with Crippen LogP contribution < -0.4 is 4.68 Å². The van der Waals surface area contributed by atoms with E-state index in [0.717, 1.165) is 5.69 Å². The zero-order chi connectivity index (χ0) is 10.8. The molecule has 0 unspecified atom stereocenters. The van der Waals surface area contributed by atoms with Crippen molar-refractivity contribution in [3.05, 3.63) is 40.7 Å². The minimum absolute atomic E-state index is 0.0586. The summed E-state index contributed by atoms with van der Waals surface area (Å²) in [5.41, 5.74) is 0.789. The summed E-state index contributed by atoms with van der Waals surface area (Å²) in [4.78, 5) is 9.98. The lowest BCUT2D eigenvalue weighted by atomic mass is 10.3. The Morgan fingerprint density at radius 2 is 2.07 bits per heavy atom. The lowest BCUT2D eigenvalue weighted by molar-refractivity contribution is -0.731. The molecule has 1 heterocycles. The molecule has 0 fully saturated rings. The minimum Gasteiger partial charge on any atom is -0.258 e. The van der Waals surface area contributed by atoms with Crippen LogP contribution in [-0.4, -0.2) is 20.0 Å². The largest absolute Gasteiger partial charge is 0.269 e. The summed E-state index contributed by atoms with van der Waals surface area (Å²) in [5.74, 6) is 0. The SMILES string of the molecule is C[n+]1cn(-c2ccc([N+](=O)[O-])cc2)nn1. The molecule has 0 radical (unpaired) electrons. The molecule has 0 atom stereocenters. The predicted molar refractivity (Wildman–Crippen MR) is 49.2 cm³/mol. The van der Waals surface area contributed by atoms with E-state index in [1.807, 2.05) is 0 Å². The summed E-state index contributed by atoms with van der Waals surface area (Å²) in [6.45, 7) is 0. The zero-order valence-corrected chi connectivity index (χ0v) is 7.94. The molecule has 76 valence electrons. The average molecular weight is 206 g/mol. The van der Waals surface area contributed by atoms with E-state index in [4.69, 9.17) is 0 Å². The summed E-state index contributed by atoms with van der Waals surface area (Å²) in [5, 5.41) is 18.0. The van der Waals surface area contributed by atoms with Gasteiger partial charge in [0.25, 0.3) is 5.69 Å². The average Bonchev–Trinajstić information content (AvgIpc) is 2.65. The van der Waals surface area contributed by atoms with E-state index < -0.39 is 4.92 Å². The number of nitrogens with zero attached hydrogens (tertiary/aromatic N) is 5. The molecule has 0 N–H and O–H groups in total. The Kier molecular flexibility index (Phi) is 2.13. The first-order chi connectivity index (χ1) is 7.16. The first-order valence-corrected chi connectivity index (χ1v) is 4.20. The summed E-state index contributed by atoms with van der Waals surface area (Å²) in [6, 6.07) is 6.09. The second kappa shape index (κ2) is 3.45. The molecule has 2 aromatic rings. The number of hydrogen-bond acceptors (Lipinski definition) is 4. The molecule has 0 saturated heterocycles. The van der Waals surface area contributed by atoms with Crippen LogP contribution in [0.25, 0.3) is 5.69 Å². The van der Waals surface area contributed by atoms with Crippen molar-refractivity contribution in [1.82, 2.24) is 15.1 Å². The molecule has 7 heteroatoms. The van der Waals surface area contributed by atoms with Crippen molar-refractivity contribution in [2.24, 2.45) is 7.05 Å². The van der Waals surface area contributed by atoms with Crippen LogP contribution in [0.2, 0.25) is 0 Å². The molecule has 0 aliphatic rings. The fourth-order valence-corrected chi connectivity index (χ4v) is 1.16. The maximum absolute atomic E-state index is 10.4. The van der Waals surface area contributed by atoms with Gasteiger partial charge in [0.2, 0.25) is 6.33 Å². The zero-order valence-electron chi connectivity index (χ0n) is 7.94. The Bertz CT molecular complexity index is 490. The van der Waals surface area contributed by atoms with Crippen LogP contribution in [0.1, 0.15) is 0 Å². The van der Waals surface area contributed by atoms with Crippen molar-refractivity contribution in [3.63, 3.8) is 0 Å². The topological polar surface area (TPSA) is 77.7 Å². The highest BCUT2D eigenvalue weighted by atomic mass is 16.6. The van der Waals surface area contributed by atoms with E-state index >= 15 is 0 Å². The number of rotatable bonds is 2. The smallest absolute Gasteiger partial charge is 0.258 e. The van der Waals surface area contributed by atoms with Crippen molar-refractivity contribution in [2.45, 2.75) is 0 Å². The second-order valence-corrected chi connectivity index (χ2v) is 2.99. The van der Waals surface area contributed by atoms with Crippen LogP contribution in [0.4, 0.5) is 5.69 Å². The molecule has 0 bridgehead atoms. The molecule has 0 aliphatic heterocycles. The van der Waals surface area contributed by atoms with E-state index in [-0.39, 0.29) is 5.69 Å². The molecule has 0 amide bonds. The molecule has 0 saturated carbocycles. The molecule has 2 rings (SSSR count). The fraction of sp³-hybridized carbons (Fsp3) is 0.125. The highest BCUT2D eigenvalue weighted by Gasteiger charge is 2.10. The van der Waals surface area contributed by atoms with Crippen LogP contribution in [0.15, 0.2) is 30.6 Å². The highest BCUT2D eigenvalue weighted by Crippen LogP contribution is 2.13. The minimum atomic E-state index is -0.439. The van der Waals surface area contributed by atoms with E-state index in [1.165, 1.54) is 16.8 Å². The number of nitro groups is 1. The van der Waals surface area contributed by atoms with Gasteiger partial charge in [-0.25, -0.2) is 0 Å². The van der Waals surface area contributed by atoms with E-state index in [9.17, 15) is 10.1 Å². The standard InChI is InChI=1S/C8H8N5O2/c1-11-6-12(10-9-11)7-2-4-8(5-3-7)13(14)15/h2-6H,1H3/q+1. The lowest BCUT2D eigenvalue weighted by Gasteiger charge is -1.91. The molecule has 7 nitrogen and oxygen atoms in total. The number of aryl methyl sites for hydroxylation is 1. The van der Waals surface area contributed by atoms with Crippen molar-refractivity contribution in [1.29, 1.82) is 0 Å². The monoisotopic (exact) mass is 206 g/mol. The number of nitro benzene ring substituents is 1. The molecular formula is C8H8N5O2+. The third kappa shape index (κ3) is 1.80. The maximum Gasteiger partial charge on any atom is 0.269 e. The normalized spacial score (nSPS) is 10.2. The van der Waals surface area contributed by atoms with Crippen LogP contribution in [0, 0.1) is 10.1 Å². The summed E-state index contributed by atoms with van der Waals surface area (Å²) in [6.07, 6.45) is 1.67. The van der Waals surface area contributed by atoms with Gasteiger partial charge in [0.05, 0.1) is 12.0 Å². The van der Waals surface area contributed by atoms with Crippen molar-refractivity contribution >= 4 is 5.69 Å². The number of hydrogen-bond donors (Lipinski definition) is 0. The summed E-state index contributed by atoms with van der Waals surface area (Å²) in [7, 11) is 1.74. The Labute approximate surface area is 84.7 Å². The van der Waals surface area contributed by atoms with Crippen molar-refractivity contribution in [2.75, 3.05) is 0 Å². The molecular weight excluding hydrogens is 198 g/mol. The maximum atomic E-state index is 10.4. The number of benzene rings is 1. The molecule has 1 aromatic heterocycles. The molecule has 15 heavy (non-hydrogen) atoms. The lowest BCUT2D eigenvalue weighted by Crippen LogP contribution is -2.28. The van der Waals surface area contributed by atoms with Gasteiger partial charge in [-0.2, -0.15) is 0 Å². The van der Waals surface area contributed by atoms with Crippen LogP contribution in [0.3, 0.4) is 0 Å². The van der Waals surface area contributed by atoms with E-state index in [1.54, 1.807) is 30.2 Å². The summed E-state index contributed by atoms with van der Waals surface area (Å²) >= 11 is 0. The quantitative estimate of drug-likeness (QED) is 0.393. The van der Waals surface area contributed by atoms with E-state index in [0.29, 0.717) is 0 Å². The Balaban J connectivity index is 2.35. The van der Waals surface area contributed by atoms with Gasteiger partial charge in [-0.1, -0.05) is 4.68 Å². The van der Waals surface area contributed by atoms with Gasteiger partial charge >= 0.3 is 0 Å². The van der Waals surface area contributed by atoms with Gasteiger partial charge in [-0.3, -0.25) is 10.1 Å². The third-order valence-electron chi connectivity index (χ3n) is 1.88. The van der Waals surface area contributed by atoms with Gasteiger partial charge in [-0.05, 0) is 12.1 Å². The fourth-order valence-electron chi connectivity index (χ4n) is 1.16. The van der Waals surface area contributed by atoms with Crippen LogP contribution in [-0.2, 0) is 7.05 Å². The van der Waals surface area contributed by atoms with Gasteiger partial charge in [0, 0.05) is 12.1 Å². The Hall–Kier alpha value is -2.31. The van der Waals surface area contributed by atoms with Gasteiger partial charge in [0.15, 0.2) is 5.21 Å². The highest BCUT2D eigenvalue weighted by molar-refractivity contribution is 5.39. The number of non-ortho nitro benzene ring substituents is 1. The number of tetrazole rings is 1. The second-order valence-electron chi connectivity index (χ2n) is 2.99. The number of aromatic nitrogens is 4. The summed E-state index contributed by atoms with van der Waals surface area (Å²) < 4.78 is 3.07. The van der Waals surface area contributed by atoms with E-state index in [2.05, 4.69) is 10.4 Å². The van der Waals surface area contributed by atoms with Gasteiger partial charge in [-0.15, -0.1) is 4.68 Å². The Morgan fingerprint density at radius 1 is 1.40 bits per heavy atom. The van der Waals surface area contributed by atoms with Gasteiger partial charge in [0.1, 0.15) is 10.9 Å². The van der Waals surface area contributed by atoms with Crippen LogP contribution >= 0.6 is 0 Å². The molecule has 0 aliphatic carbocycles. The van der Waals surface area contributed by atoms with Crippen molar-refractivity contribution in [3.8, 4) is 5.69 Å².